The number of halogens is 2. The lowest BCUT2D eigenvalue weighted by atomic mass is 10.1. The van der Waals surface area contributed by atoms with Gasteiger partial charge in [0.1, 0.15) is 10.8 Å². The van der Waals surface area contributed by atoms with Crippen LogP contribution < -0.4 is 5.32 Å². The van der Waals surface area contributed by atoms with Crippen LogP contribution in [0.15, 0.2) is 29.0 Å². The first-order valence-corrected chi connectivity index (χ1v) is 6.70. The summed E-state index contributed by atoms with van der Waals surface area (Å²) < 4.78 is 0.827. The predicted octanol–water partition coefficient (Wildman–Crippen LogP) is 3.76. The second kappa shape index (κ2) is 5.67. The number of aromatic nitrogens is 2. The van der Waals surface area contributed by atoms with Crippen molar-refractivity contribution in [1.82, 2.24) is 9.97 Å². The molecule has 0 aliphatic rings. The van der Waals surface area contributed by atoms with Crippen LogP contribution in [0.4, 0.5) is 5.69 Å². The number of carbonyl (C=O) groups is 1. The molecule has 2 rings (SSSR count). The second-order valence-corrected chi connectivity index (χ2v) is 5.36. The third kappa shape index (κ3) is 3.30. The molecule has 0 atom stereocenters. The van der Waals surface area contributed by atoms with E-state index in [9.17, 15) is 4.79 Å². The highest BCUT2D eigenvalue weighted by atomic mass is 79.9. The average molecular weight is 341 g/mol. The number of nitrogens with zero attached hydrogens (tertiary/aromatic N) is 2. The molecule has 0 aliphatic heterocycles. The SMILES string of the molecule is Cc1cc(C)c(NC(=O)c2cncc(Cl)n2)c(Br)c1. The Morgan fingerprint density at radius 1 is 1.32 bits per heavy atom. The van der Waals surface area contributed by atoms with Gasteiger partial charge < -0.3 is 5.32 Å². The lowest BCUT2D eigenvalue weighted by Gasteiger charge is -2.11. The number of anilines is 1. The van der Waals surface area contributed by atoms with Gasteiger partial charge in [-0.05, 0) is 47.0 Å². The number of benzene rings is 1. The van der Waals surface area contributed by atoms with E-state index in [0.717, 1.165) is 21.3 Å². The molecule has 98 valence electrons. The molecule has 0 aliphatic carbocycles. The van der Waals surface area contributed by atoms with Crippen LogP contribution in [0, 0.1) is 13.8 Å². The van der Waals surface area contributed by atoms with Crippen molar-refractivity contribution in [2.75, 3.05) is 5.32 Å². The molecule has 1 aromatic carbocycles. The Morgan fingerprint density at radius 3 is 2.68 bits per heavy atom. The summed E-state index contributed by atoms with van der Waals surface area (Å²) in [6.07, 6.45) is 2.75. The molecule has 2 aromatic rings. The van der Waals surface area contributed by atoms with Gasteiger partial charge in [-0.25, -0.2) is 4.98 Å². The Labute approximate surface area is 124 Å². The molecular weight excluding hydrogens is 330 g/mol. The molecule has 0 fully saturated rings. The molecule has 0 saturated heterocycles. The van der Waals surface area contributed by atoms with Crippen molar-refractivity contribution in [1.29, 1.82) is 0 Å². The summed E-state index contributed by atoms with van der Waals surface area (Å²) in [7, 11) is 0. The van der Waals surface area contributed by atoms with E-state index in [0.29, 0.717) is 0 Å². The van der Waals surface area contributed by atoms with Gasteiger partial charge in [-0.2, -0.15) is 0 Å². The fourth-order valence-electron chi connectivity index (χ4n) is 1.70. The number of hydrogen-bond acceptors (Lipinski definition) is 3. The minimum Gasteiger partial charge on any atom is -0.319 e. The molecule has 1 heterocycles. The predicted molar refractivity (Wildman–Crippen MR) is 78.6 cm³/mol. The van der Waals surface area contributed by atoms with Crippen molar-refractivity contribution in [3.8, 4) is 0 Å². The first-order chi connectivity index (χ1) is 8.97. The van der Waals surface area contributed by atoms with Gasteiger partial charge >= 0.3 is 0 Å². The maximum Gasteiger partial charge on any atom is 0.275 e. The highest BCUT2D eigenvalue weighted by molar-refractivity contribution is 9.10. The fraction of sp³-hybridized carbons (Fsp3) is 0.154. The van der Waals surface area contributed by atoms with Crippen molar-refractivity contribution in [3.05, 3.63) is 51.0 Å². The van der Waals surface area contributed by atoms with E-state index < -0.39 is 0 Å². The first-order valence-electron chi connectivity index (χ1n) is 5.53. The normalized spacial score (nSPS) is 10.3. The third-order valence-electron chi connectivity index (χ3n) is 2.51. The molecule has 0 saturated carbocycles. The van der Waals surface area contributed by atoms with Crippen LogP contribution in [-0.2, 0) is 0 Å². The van der Waals surface area contributed by atoms with Gasteiger partial charge in [0.15, 0.2) is 0 Å². The molecular formula is C13H11BrClN3O. The topological polar surface area (TPSA) is 54.9 Å². The zero-order valence-corrected chi connectivity index (χ0v) is 12.7. The van der Waals surface area contributed by atoms with Crippen LogP contribution in [0.25, 0.3) is 0 Å². The quantitative estimate of drug-likeness (QED) is 0.905. The largest absolute Gasteiger partial charge is 0.319 e. The molecule has 0 radical (unpaired) electrons. The van der Waals surface area contributed by atoms with Crippen molar-refractivity contribution >= 4 is 39.1 Å². The van der Waals surface area contributed by atoms with Crippen LogP contribution in [0.1, 0.15) is 21.6 Å². The number of amides is 1. The number of hydrogen-bond donors (Lipinski definition) is 1. The minimum atomic E-state index is -0.345. The van der Waals surface area contributed by atoms with Crippen molar-refractivity contribution in [3.63, 3.8) is 0 Å². The molecule has 4 nitrogen and oxygen atoms in total. The van der Waals surface area contributed by atoms with Crippen LogP contribution in [0.3, 0.4) is 0 Å². The highest BCUT2D eigenvalue weighted by Crippen LogP contribution is 2.28. The summed E-state index contributed by atoms with van der Waals surface area (Å²) >= 11 is 9.15. The number of carbonyl (C=O) groups excluding carboxylic acids is 1. The van der Waals surface area contributed by atoms with Crippen molar-refractivity contribution < 1.29 is 4.79 Å². The third-order valence-corrected chi connectivity index (χ3v) is 3.32. The van der Waals surface area contributed by atoms with E-state index in [2.05, 4.69) is 31.2 Å². The van der Waals surface area contributed by atoms with E-state index >= 15 is 0 Å². The Balaban J connectivity index is 2.29. The number of nitrogens with one attached hydrogen (secondary N) is 1. The Morgan fingerprint density at radius 2 is 2.05 bits per heavy atom. The average Bonchev–Trinajstić information content (AvgIpc) is 2.33. The van der Waals surface area contributed by atoms with E-state index in [1.165, 1.54) is 12.4 Å². The summed E-state index contributed by atoms with van der Waals surface area (Å²) in [5.74, 6) is -0.345. The molecule has 1 N–H and O–H groups in total. The van der Waals surface area contributed by atoms with Gasteiger partial charge in [-0.1, -0.05) is 17.7 Å². The summed E-state index contributed by atoms with van der Waals surface area (Å²) in [6.45, 7) is 3.92. The van der Waals surface area contributed by atoms with Gasteiger partial charge in [0.2, 0.25) is 0 Å². The first kappa shape index (κ1) is 14.0. The molecule has 0 unspecified atom stereocenters. The molecule has 0 bridgehead atoms. The standard InChI is InChI=1S/C13H11BrClN3O/c1-7-3-8(2)12(9(14)4-7)18-13(19)10-5-16-6-11(15)17-10/h3-6H,1-2H3,(H,18,19). The monoisotopic (exact) mass is 339 g/mol. The lowest BCUT2D eigenvalue weighted by molar-refractivity contribution is 0.102. The van der Waals surface area contributed by atoms with Gasteiger partial charge in [-0.3, -0.25) is 9.78 Å². The molecule has 6 heteroatoms. The Bertz CT molecular complexity index is 623. The van der Waals surface area contributed by atoms with Gasteiger partial charge in [0, 0.05) is 4.47 Å². The van der Waals surface area contributed by atoms with Crippen molar-refractivity contribution in [2.45, 2.75) is 13.8 Å². The summed E-state index contributed by atoms with van der Waals surface area (Å²) in [5, 5.41) is 2.99. The van der Waals surface area contributed by atoms with Gasteiger partial charge in [0.25, 0.3) is 5.91 Å². The fourth-order valence-corrected chi connectivity index (χ4v) is 2.62. The van der Waals surface area contributed by atoms with Gasteiger partial charge in [-0.15, -0.1) is 0 Å². The van der Waals surface area contributed by atoms with E-state index in [4.69, 9.17) is 11.6 Å². The molecule has 19 heavy (non-hydrogen) atoms. The maximum atomic E-state index is 12.1. The summed E-state index contributed by atoms with van der Waals surface area (Å²) in [5.41, 5.74) is 2.98. The van der Waals surface area contributed by atoms with Crippen LogP contribution in [0.2, 0.25) is 5.15 Å². The molecule has 1 amide bonds. The second-order valence-electron chi connectivity index (χ2n) is 4.12. The van der Waals surface area contributed by atoms with Crippen LogP contribution in [-0.4, -0.2) is 15.9 Å². The van der Waals surface area contributed by atoms with E-state index in [1.807, 2.05) is 26.0 Å². The zero-order valence-electron chi connectivity index (χ0n) is 10.4. The Kier molecular flexibility index (Phi) is 4.17. The van der Waals surface area contributed by atoms with E-state index in [1.54, 1.807) is 0 Å². The number of aryl methyl sites for hydroxylation is 2. The minimum absolute atomic E-state index is 0.180. The van der Waals surface area contributed by atoms with Crippen LogP contribution >= 0.6 is 27.5 Å². The smallest absolute Gasteiger partial charge is 0.275 e. The maximum absolute atomic E-state index is 12.1. The highest BCUT2D eigenvalue weighted by Gasteiger charge is 2.12. The summed E-state index contributed by atoms with van der Waals surface area (Å²) in [6, 6.07) is 3.93. The van der Waals surface area contributed by atoms with Crippen LogP contribution in [0.5, 0.6) is 0 Å². The molecule has 0 spiro atoms. The van der Waals surface area contributed by atoms with Gasteiger partial charge in [0.05, 0.1) is 18.1 Å². The lowest BCUT2D eigenvalue weighted by Crippen LogP contribution is -2.15. The Hall–Kier alpha value is -1.46. The molecule has 1 aromatic heterocycles. The zero-order chi connectivity index (χ0) is 14.0. The number of rotatable bonds is 2. The summed E-state index contributed by atoms with van der Waals surface area (Å²) in [4.78, 5) is 19.8. The van der Waals surface area contributed by atoms with E-state index in [-0.39, 0.29) is 16.8 Å². The van der Waals surface area contributed by atoms with Crippen molar-refractivity contribution in [2.24, 2.45) is 0 Å².